The summed E-state index contributed by atoms with van der Waals surface area (Å²) >= 11 is 0. The number of methoxy groups -OCH3 is 1. The molecule has 0 aromatic carbocycles. The van der Waals surface area contributed by atoms with Crippen LogP contribution in [-0.2, 0) is 9.47 Å². The third-order valence-corrected chi connectivity index (χ3v) is 2.04. The monoisotopic (exact) mass is 196 g/mol. The van der Waals surface area contributed by atoms with Gasteiger partial charge in [0.25, 0.3) is 0 Å². The van der Waals surface area contributed by atoms with Gasteiger partial charge in [0, 0.05) is 7.11 Å². The first kappa shape index (κ1) is 12.8. The first-order chi connectivity index (χ1) is 5.57. The molecule has 6 nitrogen and oxygen atoms in total. The van der Waals surface area contributed by atoms with Crippen molar-refractivity contribution in [2.45, 2.75) is 37.6 Å². The summed E-state index contributed by atoms with van der Waals surface area (Å²) < 4.78 is 9.80. The standard InChI is InChI=1S/C7H14O5.H2O/c1-3-4(8)5(9)6(10)7(11-2)12-3;/h3-10H,1-2H3;1H2/t3?,4-,5+,6?,7?;/m1./s1. The van der Waals surface area contributed by atoms with E-state index >= 15 is 0 Å². The zero-order chi connectivity index (χ0) is 9.30. The molecule has 5 N–H and O–H groups in total. The summed E-state index contributed by atoms with van der Waals surface area (Å²) in [6, 6.07) is 0. The smallest absolute Gasteiger partial charge is 0.186 e. The number of ether oxygens (including phenoxy) is 2. The lowest BCUT2D eigenvalue weighted by atomic mass is 10.0. The molecule has 1 rings (SSSR count). The highest BCUT2D eigenvalue weighted by Gasteiger charge is 2.41. The number of hydrogen-bond acceptors (Lipinski definition) is 5. The van der Waals surface area contributed by atoms with Crippen molar-refractivity contribution in [2.75, 3.05) is 7.11 Å². The van der Waals surface area contributed by atoms with Gasteiger partial charge in [-0.15, -0.1) is 0 Å². The molecule has 1 saturated heterocycles. The molecule has 6 heteroatoms. The van der Waals surface area contributed by atoms with E-state index in [1.165, 1.54) is 7.11 Å². The Kier molecular flexibility index (Phi) is 4.76. The molecule has 0 amide bonds. The minimum Gasteiger partial charge on any atom is -0.412 e. The van der Waals surface area contributed by atoms with Gasteiger partial charge in [0.15, 0.2) is 6.29 Å². The number of rotatable bonds is 1. The molecule has 1 fully saturated rings. The van der Waals surface area contributed by atoms with E-state index in [1.807, 2.05) is 0 Å². The van der Waals surface area contributed by atoms with Gasteiger partial charge >= 0.3 is 0 Å². The summed E-state index contributed by atoms with van der Waals surface area (Å²) in [6.07, 6.45) is -4.86. The van der Waals surface area contributed by atoms with Crippen molar-refractivity contribution in [2.24, 2.45) is 0 Å². The third-order valence-electron chi connectivity index (χ3n) is 2.04. The fraction of sp³-hybridized carbons (Fsp3) is 1.00. The van der Waals surface area contributed by atoms with Crippen molar-refractivity contribution in [3.63, 3.8) is 0 Å². The molecule has 3 unspecified atom stereocenters. The molecule has 1 aliphatic rings. The maximum absolute atomic E-state index is 9.27. The van der Waals surface area contributed by atoms with Crippen LogP contribution in [0.1, 0.15) is 6.92 Å². The van der Waals surface area contributed by atoms with Crippen molar-refractivity contribution < 1.29 is 30.3 Å². The summed E-state index contributed by atoms with van der Waals surface area (Å²) in [7, 11) is 1.37. The minimum atomic E-state index is -1.21. The Labute approximate surface area is 76.0 Å². The van der Waals surface area contributed by atoms with E-state index in [1.54, 1.807) is 6.92 Å². The van der Waals surface area contributed by atoms with Crippen LogP contribution in [0.3, 0.4) is 0 Å². The second kappa shape index (κ2) is 4.85. The van der Waals surface area contributed by atoms with Crippen molar-refractivity contribution in [3.8, 4) is 0 Å². The number of hydrogen-bond donors (Lipinski definition) is 3. The summed E-state index contributed by atoms with van der Waals surface area (Å²) in [6.45, 7) is 1.60. The molecule has 1 aliphatic heterocycles. The van der Waals surface area contributed by atoms with Gasteiger partial charge in [0.1, 0.15) is 18.3 Å². The molecule has 0 bridgehead atoms. The van der Waals surface area contributed by atoms with Crippen LogP contribution in [0.2, 0.25) is 0 Å². The van der Waals surface area contributed by atoms with E-state index in [2.05, 4.69) is 0 Å². The zero-order valence-electron chi connectivity index (χ0n) is 7.54. The van der Waals surface area contributed by atoms with Gasteiger partial charge in [-0.1, -0.05) is 0 Å². The second-order valence-electron chi connectivity index (χ2n) is 2.92. The average Bonchev–Trinajstić information content (AvgIpc) is 2.08. The molecule has 13 heavy (non-hydrogen) atoms. The van der Waals surface area contributed by atoms with E-state index in [0.717, 1.165) is 0 Å². The van der Waals surface area contributed by atoms with Gasteiger partial charge in [0.05, 0.1) is 6.10 Å². The quantitative estimate of drug-likeness (QED) is 0.434. The number of aliphatic hydroxyl groups excluding tert-OH is 3. The maximum atomic E-state index is 9.27. The van der Waals surface area contributed by atoms with E-state index < -0.39 is 30.7 Å². The van der Waals surface area contributed by atoms with Gasteiger partial charge in [-0.3, -0.25) is 0 Å². The molecule has 5 atom stereocenters. The average molecular weight is 196 g/mol. The Morgan fingerprint density at radius 3 is 2.08 bits per heavy atom. The fourth-order valence-electron chi connectivity index (χ4n) is 1.21. The molecule has 0 aliphatic carbocycles. The van der Waals surface area contributed by atoms with Gasteiger partial charge < -0.3 is 30.3 Å². The molecule has 0 radical (unpaired) electrons. The van der Waals surface area contributed by atoms with E-state index in [9.17, 15) is 15.3 Å². The van der Waals surface area contributed by atoms with Gasteiger partial charge in [-0.05, 0) is 6.92 Å². The van der Waals surface area contributed by atoms with Crippen LogP contribution in [0, 0.1) is 0 Å². The summed E-state index contributed by atoms with van der Waals surface area (Å²) in [4.78, 5) is 0. The molecule has 0 aromatic rings. The van der Waals surface area contributed by atoms with Crippen LogP contribution in [0.15, 0.2) is 0 Å². The van der Waals surface area contributed by atoms with E-state index in [4.69, 9.17) is 9.47 Å². The Hall–Kier alpha value is -0.240. The first-order valence-corrected chi connectivity index (χ1v) is 3.80. The van der Waals surface area contributed by atoms with Crippen molar-refractivity contribution in [1.82, 2.24) is 0 Å². The van der Waals surface area contributed by atoms with Crippen LogP contribution in [0.25, 0.3) is 0 Å². The minimum absolute atomic E-state index is 0. The molecule has 1 heterocycles. The van der Waals surface area contributed by atoms with Crippen molar-refractivity contribution in [3.05, 3.63) is 0 Å². The number of aliphatic hydroxyl groups is 3. The topological polar surface area (TPSA) is 111 Å². The van der Waals surface area contributed by atoms with Crippen LogP contribution >= 0.6 is 0 Å². The normalized spacial score (nSPS) is 45.5. The molecular formula is C7H16O6. The van der Waals surface area contributed by atoms with E-state index in [0.29, 0.717) is 0 Å². The van der Waals surface area contributed by atoms with Crippen LogP contribution in [-0.4, -0.2) is 58.6 Å². The van der Waals surface area contributed by atoms with Gasteiger partial charge in [0.2, 0.25) is 0 Å². The Bertz CT molecular complexity index is 147. The first-order valence-electron chi connectivity index (χ1n) is 3.80. The van der Waals surface area contributed by atoms with Gasteiger partial charge in [-0.2, -0.15) is 0 Å². The SMILES string of the molecule is COC1OC(C)[C@@H](O)[C@H](O)C1O.O. The lowest BCUT2D eigenvalue weighted by Crippen LogP contribution is -2.57. The summed E-state index contributed by atoms with van der Waals surface area (Å²) in [5, 5.41) is 27.8. The largest absolute Gasteiger partial charge is 0.412 e. The second-order valence-corrected chi connectivity index (χ2v) is 2.92. The fourth-order valence-corrected chi connectivity index (χ4v) is 1.21. The van der Waals surface area contributed by atoms with E-state index in [-0.39, 0.29) is 5.48 Å². The van der Waals surface area contributed by atoms with Crippen molar-refractivity contribution >= 4 is 0 Å². The van der Waals surface area contributed by atoms with Crippen molar-refractivity contribution in [1.29, 1.82) is 0 Å². The van der Waals surface area contributed by atoms with Gasteiger partial charge in [-0.25, -0.2) is 0 Å². The third kappa shape index (κ3) is 2.37. The molecule has 0 saturated carbocycles. The lowest BCUT2D eigenvalue weighted by molar-refractivity contribution is -0.286. The summed E-state index contributed by atoms with van der Waals surface area (Å²) in [5.74, 6) is 0. The molecular weight excluding hydrogens is 180 g/mol. The highest BCUT2D eigenvalue weighted by Crippen LogP contribution is 2.20. The van der Waals surface area contributed by atoms with Crippen LogP contribution in [0.5, 0.6) is 0 Å². The lowest BCUT2D eigenvalue weighted by Gasteiger charge is -2.38. The Morgan fingerprint density at radius 2 is 1.62 bits per heavy atom. The highest BCUT2D eigenvalue weighted by atomic mass is 16.7. The summed E-state index contributed by atoms with van der Waals surface area (Å²) in [5.41, 5.74) is 0. The molecule has 0 spiro atoms. The Morgan fingerprint density at radius 1 is 1.08 bits per heavy atom. The predicted molar refractivity (Wildman–Crippen MR) is 43.0 cm³/mol. The molecule has 80 valence electrons. The molecule has 0 aromatic heterocycles. The Balaban J connectivity index is 0.00000144. The maximum Gasteiger partial charge on any atom is 0.186 e. The van der Waals surface area contributed by atoms with Crippen LogP contribution < -0.4 is 0 Å². The zero-order valence-corrected chi connectivity index (χ0v) is 7.54. The highest BCUT2D eigenvalue weighted by molar-refractivity contribution is 4.86. The predicted octanol–water partition coefficient (Wildman–Crippen LogP) is -2.36. The van der Waals surface area contributed by atoms with Crippen LogP contribution in [0.4, 0.5) is 0 Å².